The fourth-order valence-corrected chi connectivity index (χ4v) is 1.30. The highest BCUT2D eigenvalue weighted by atomic mass is 16.1. The third kappa shape index (κ3) is 1.59. The van der Waals surface area contributed by atoms with E-state index in [1.54, 1.807) is 17.8 Å². The second-order valence-corrected chi connectivity index (χ2v) is 3.11. The number of hydrogen-bond acceptors (Lipinski definition) is 3. The number of aromatic amines is 1. The zero-order chi connectivity index (χ0) is 10.8. The van der Waals surface area contributed by atoms with Gasteiger partial charge in [0.25, 0.3) is 0 Å². The highest BCUT2D eigenvalue weighted by molar-refractivity contribution is 6.06. The highest BCUT2D eigenvalue weighted by Crippen LogP contribution is 2.01. The van der Waals surface area contributed by atoms with Crippen LogP contribution in [0, 0.1) is 0 Å². The second kappa shape index (κ2) is 3.53. The third-order valence-corrected chi connectivity index (χ3v) is 2.09. The molecule has 0 atom stereocenters. The van der Waals surface area contributed by atoms with Gasteiger partial charge in [-0.2, -0.15) is 0 Å². The van der Waals surface area contributed by atoms with E-state index < -0.39 is 0 Å². The first-order chi connectivity index (χ1) is 7.20. The molecule has 2 aromatic heterocycles. The Kier molecular flexibility index (Phi) is 2.21. The minimum Gasteiger partial charge on any atom is -0.367 e. The van der Waals surface area contributed by atoms with Crippen molar-refractivity contribution in [1.29, 1.82) is 0 Å². The van der Waals surface area contributed by atoms with Crippen LogP contribution in [0.3, 0.4) is 0 Å². The number of aromatic nitrogens is 3. The Morgan fingerprint density at radius 2 is 2.33 bits per heavy atom. The number of rotatable bonds is 2. The van der Waals surface area contributed by atoms with Crippen LogP contribution in [0.4, 0.5) is 0 Å². The largest absolute Gasteiger partial charge is 0.367 e. The van der Waals surface area contributed by atoms with E-state index in [4.69, 9.17) is 0 Å². The van der Waals surface area contributed by atoms with Crippen molar-refractivity contribution >= 4 is 5.78 Å². The molecule has 0 saturated carbocycles. The normalized spacial score (nSPS) is 10.2. The van der Waals surface area contributed by atoms with Gasteiger partial charge in [0, 0.05) is 37.9 Å². The van der Waals surface area contributed by atoms with Crippen molar-refractivity contribution in [2.45, 2.75) is 0 Å². The van der Waals surface area contributed by atoms with Crippen molar-refractivity contribution in [1.82, 2.24) is 14.5 Å². The van der Waals surface area contributed by atoms with Gasteiger partial charge in [-0.05, 0) is 0 Å². The molecule has 2 aromatic rings. The predicted molar refractivity (Wildman–Crippen MR) is 53.7 cm³/mol. The highest BCUT2D eigenvalue weighted by Gasteiger charge is 2.15. The topological polar surface area (TPSA) is 67.8 Å². The molecule has 0 spiro atoms. The molecular weight excluding hydrogens is 194 g/mol. The first-order valence-corrected chi connectivity index (χ1v) is 4.39. The average molecular weight is 203 g/mol. The number of imidazole rings is 1. The van der Waals surface area contributed by atoms with Crippen LogP contribution in [-0.4, -0.2) is 20.3 Å². The van der Waals surface area contributed by atoms with Crippen LogP contribution >= 0.6 is 0 Å². The van der Waals surface area contributed by atoms with Crippen LogP contribution < -0.4 is 5.43 Å². The van der Waals surface area contributed by atoms with Crippen LogP contribution in [0.1, 0.15) is 16.2 Å². The summed E-state index contributed by atoms with van der Waals surface area (Å²) in [5, 5.41) is 0. The van der Waals surface area contributed by atoms with Gasteiger partial charge in [-0.25, -0.2) is 4.98 Å². The van der Waals surface area contributed by atoms with Crippen molar-refractivity contribution in [2.24, 2.45) is 7.05 Å². The van der Waals surface area contributed by atoms with Crippen molar-refractivity contribution in [3.05, 3.63) is 52.5 Å². The Morgan fingerprint density at radius 3 is 2.93 bits per heavy atom. The molecule has 0 aromatic carbocycles. The molecule has 0 unspecified atom stereocenters. The molecule has 0 bridgehead atoms. The van der Waals surface area contributed by atoms with Crippen molar-refractivity contribution in [3.63, 3.8) is 0 Å². The number of nitrogens with one attached hydrogen (secondary N) is 1. The molecular formula is C10H9N3O2. The van der Waals surface area contributed by atoms with Crippen LogP contribution in [-0.2, 0) is 7.05 Å². The molecule has 0 amide bonds. The summed E-state index contributed by atoms with van der Waals surface area (Å²) in [5.74, 6) is -0.115. The SMILES string of the molecule is Cn1ccnc1C(=O)c1c[nH]ccc1=O. The Hall–Kier alpha value is -2.17. The number of carbonyl (C=O) groups excluding carboxylic acids is 1. The summed E-state index contributed by atoms with van der Waals surface area (Å²) in [4.78, 5) is 29.8. The van der Waals surface area contributed by atoms with Gasteiger partial charge < -0.3 is 9.55 Å². The van der Waals surface area contributed by atoms with E-state index in [0.717, 1.165) is 0 Å². The maximum absolute atomic E-state index is 11.8. The lowest BCUT2D eigenvalue weighted by Crippen LogP contribution is -2.18. The van der Waals surface area contributed by atoms with Gasteiger partial charge in [-0.3, -0.25) is 9.59 Å². The number of aryl methyl sites for hydroxylation is 1. The summed E-state index contributed by atoms with van der Waals surface area (Å²) < 4.78 is 1.58. The lowest BCUT2D eigenvalue weighted by molar-refractivity contribution is 0.102. The summed E-state index contributed by atoms with van der Waals surface area (Å²) in [6.07, 6.45) is 6.05. The van der Waals surface area contributed by atoms with Gasteiger partial charge in [0.05, 0.1) is 5.56 Å². The molecule has 0 aliphatic carbocycles. The number of pyridine rings is 1. The van der Waals surface area contributed by atoms with Crippen molar-refractivity contribution in [3.8, 4) is 0 Å². The Labute approximate surface area is 85.4 Å². The fourth-order valence-electron chi connectivity index (χ4n) is 1.30. The molecule has 5 nitrogen and oxygen atoms in total. The van der Waals surface area contributed by atoms with E-state index in [2.05, 4.69) is 9.97 Å². The van der Waals surface area contributed by atoms with Gasteiger partial charge in [0.1, 0.15) is 0 Å². The summed E-state index contributed by atoms with van der Waals surface area (Å²) in [7, 11) is 1.71. The molecule has 0 fully saturated rings. The van der Waals surface area contributed by atoms with Crippen LogP contribution in [0.5, 0.6) is 0 Å². The van der Waals surface area contributed by atoms with Gasteiger partial charge >= 0.3 is 0 Å². The lowest BCUT2D eigenvalue weighted by atomic mass is 10.2. The maximum atomic E-state index is 11.8. The first kappa shape index (κ1) is 9.39. The molecule has 5 heteroatoms. The zero-order valence-corrected chi connectivity index (χ0v) is 8.10. The average Bonchev–Trinajstić information content (AvgIpc) is 2.64. The van der Waals surface area contributed by atoms with E-state index in [0.29, 0.717) is 0 Å². The van der Waals surface area contributed by atoms with Gasteiger partial charge in [0.2, 0.25) is 5.78 Å². The Balaban J connectivity index is 2.51. The minimum absolute atomic E-state index is 0.104. The number of nitrogens with zero attached hydrogens (tertiary/aromatic N) is 2. The van der Waals surface area contributed by atoms with E-state index in [-0.39, 0.29) is 22.6 Å². The molecule has 1 N–H and O–H groups in total. The van der Waals surface area contributed by atoms with Crippen LogP contribution in [0.2, 0.25) is 0 Å². The van der Waals surface area contributed by atoms with E-state index in [1.165, 1.54) is 24.7 Å². The minimum atomic E-state index is -0.371. The van der Waals surface area contributed by atoms with Gasteiger partial charge in [0.15, 0.2) is 11.3 Å². The number of H-pyrrole nitrogens is 1. The summed E-state index contributed by atoms with van der Waals surface area (Å²) in [5.41, 5.74) is -0.200. The molecule has 0 saturated heterocycles. The second-order valence-electron chi connectivity index (χ2n) is 3.11. The lowest BCUT2D eigenvalue weighted by Gasteiger charge is -1.99. The summed E-state index contributed by atoms with van der Waals surface area (Å²) in [6.45, 7) is 0. The molecule has 76 valence electrons. The van der Waals surface area contributed by atoms with E-state index in [9.17, 15) is 9.59 Å². The van der Waals surface area contributed by atoms with Crippen molar-refractivity contribution in [2.75, 3.05) is 0 Å². The number of carbonyl (C=O) groups is 1. The Bertz CT molecular complexity index is 554. The fraction of sp³-hybridized carbons (Fsp3) is 0.100. The standard InChI is InChI=1S/C10H9N3O2/c1-13-5-4-12-10(13)9(15)7-6-11-3-2-8(7)14/h2-6H,1H3,(H,11,14). The predicted octanol–water partition coefficient (Wildman–Crippen LogP) is 0.339. The molecule has 2 heterocycles. The molecule has 2 rings (SSSR count). The number of ketones is 1. The molecule has 15 heavy (non-hydrogen) atoms. The maximum Gasteiger partial charge on any atom is 0.233 e. The summed E-state index contributed by atoms with van der Waals surface area (Å²) >= 11 is 0. The first-order valence-electron chi connectivity index (χ1n) is 4.39. The Morgan fingerprint density at radius 1 is 1.53 bits per heavy atom. The third-order valence-electron chi connectivity index (χ3n) is 2.09. The van der Waals surface area contributed by atoms with Crippen molar-refractivity contribution < 1.29 is 4.79 Å². The molecule has 0 radical (unpaired) electrons. The quantitative estimate of drug-likeness (QED) is 0.715. The van der Waals surface area contributed by atoms with Crippen LogP contribution in [0.15, 0.2) is 35.6 Å². The summed E-state index contributed by atoms with van der Waals surface area (Å²) in [6, 6.07) is 1.32. The van der Waals surface area contributed by atoms with Crippen LogP contribution in [0.25, 0.3) is 0 Å². The molecule has 0 aliphatic heterocycles. The van der Waals surface area contributed by atoms with Gasteiger partial charge in [-0.15, -0.1) is 0 Å². The monoisotopic (exact) mass is 203 g/mol. The van der Waals surface area contributed by atoms with E-state index >= 15 is 0 Å². The number of hydrogen-bond donors (Lipinski definition) is 1. The smallest absolute Gasteiger partial charge is 0.233 e. The zero-order valence-electron chi connectivity index (χ0n) is 8.10. The van der Waals surface area contributed by atoms with Gasteiger partial charge in [-0.1, -0.05) is 0 Å². The van der Waals surface area contributed by atoms with E-state index in [1.807, 2.05) is 0 Å². The molecule has 0 aliphatic rings.